The van der Waals surface area contributed by atoms with Gasteiger partial charge in [-0.25, -0.2) is 0 Å². The third-order valence-corrected chi connectivity index (χ3v) is 3.21. The minimum Gasteiger partial charge on any atom is -0.627 e. The third-order valence-electron chi connectivity index (χ3n) is 3.21. The van der Waals surface area contributed by atoms with Crippen molar-refractivity contribution >= 4 is 0 Å². The lowest BCUT2D eigenvalue weighted by Crippen LogP contribution is -2.47. The molecular weight excluding hydrogens is 174 g/mol. The number of allylic oxidation sites excluding steroid dienone is 4. The van der Waals surface area contributed by atoms with Crippen LogP contribution in [-0.4, -0.2) is 17.7 Å². The first-order valence-corrected chi connectivity index (χ1v) is 5.32. The van der Waals surface area contributed by atoms with Gasteiger partial charge in [-0.15, -0.1) is 0 Å². The number of fused-ring (bicyclic) bond motifs is 1. The fourth-order valence-corrected chi connectivity index (χ4v) is 2.53. The van der Waals surface area contributed by atoms with Gasteiger partial charge in [-0.3, -0.25) is 0 Å². The van der Waals surface area contributed by atoms with E-state index in [2.05, 4.69) is 12.7 Å². The van der Waals surface area contributed by atoms with Crippen LogP contribution in [0, 0.1) is 11.1 Å². The van der Waals surface area contributed by atoms with E-state index in [4.69, 9.17) is 0 Å². The molecule has 0 spiro atoms. The van der Waals surface area contributed by atoms with E-state index in [1.807, 2.05) is 12.2 Å². The molecule has 14 heavy (non-hydrogen) atoms. The standard InChI is InChI=1S/C12H17NO/c1-2-9-13(14)10-5-7-11-6-3-4-8-12(11)13/h2-4,8,11H,1,5-7,9-10H2. The minimum absolute atomic E-state index is 0.154. The molecule has 1 aliphatic heterocycles. The summed E-state index contributed by atoms with van der Waals surface area (Å²) in [7, 11) is 0. The van der Waals surface area contributed by atoms with Gasteiger partial charge in [0.1, 0.15) is 12.2 Å². The average molecular weight is 191 g/mol. The number of hydrogen-bond donors (Lipinski definition) is 0. The first-order chi connectivity index (χ1) is 6.76. The summed E-state index contributed by atoms with van der Waals surface area (Å²) in [6, 6.07) is 0. The summed E-state index contributed by atoms with van der Waals surface area (Å²) in [5.74, 6) is 0.492. The van der Waals surface area contributed by atoms with Crippen molar-refractivity contribution in [3.8, 4) is 0 Å². The zero-order chi connectivity index (χ0) is 10.0. The summed E-state index contributed by atoms with van der Waals surface area (Å²) in [5.41, 5.74) is 1.07. The van der Waals surface area contributed by atoms with Crippen LogP contribution < -0.4 is 0 Å². The zero-order valence-corrected chi connectivity index (χ0v) is 8.48. The van der Waals surface area contributed by atoms with Gasteiger partial charge < -0.3 is 9.85 Å². The van der Waals surface area contributed by atoms with Crippen LogP contribution in [0.25, 0.3) is 0 Å². The predicted molar refractivity (Wildman–Crippen MR) is 58.1 cm³/mol. The molecule has 2 atom stereocenters. The molecule has 2 aliphatic rings. The van der Waals surface area contributed by atoms with Crippen molar-refractivity contribution < 1.29 is 4.65 Å². The lowest BCUT2D eigenvalue weighted by atomic mass is 9.87. The third kappa shape index (κ3) is 1.56. The highest BCUT2D eigenvalue weighted by molar-refractivity contribution is 5.18. The van der Waals surface area contributed by atoms with Gasteiger partial charge in [-0.05, 0) is 31.4 Å². The lowest BCUT2D eigenvalue weighted by molar-refractivity contribution is -0.845. The normalized spacial score (nSPS) is 36.1. The fourth-order valence-electron chi connectivity index (χ4n) is 2.53. The summed E-state index contributed by atoms with van der Waals surface area (Å²) < 4.78 is -0.154. The first-order valence-electron chi connectivity index (χ1n) is 5.32. The molecule has 2 heteroatoms. The molecule has 1 fully saturated rings. The molecule has 0 aromatic heterocycles. The van der Waals surface area contributed by atoms with Crippen LogP contribution in [0.1, 0.15) is 19.3 Å². The molecule has 0 aromatic rings. The van der Waals surface area contributed by atoms with Gasteiger partial charge in [0.2, 0.25) is 0 Å². The van der Waals surface area contributed by atoms with Crippen LogP contribution in [-0.2, 0) is 0 Å². The van der Waals surface area contributed by atoms with Crippen molar-refractivity contribution in [2.45, 2.75) is 19.3 Å². The number of nitrogens with zero attached hydrogens (tertiary/aromatic N) is 1. The maximum atomic E-state index is 12.5. The van der Waals surface area contributed by atoms with Gasteiger partial charge in [-0.2, -0.15) is 0 Å². The smallest absolute Gasteiger partial charge is 0.112 e. The minimum atomic E-state index is -0.154. The Labute approximate surface area is 85.4 Å². The molecule has 0 radical (unpaired) electrons. The molecule has 1 saturated heterocycles. The molecule has 0 amide bonds. The number of quaternary nitrogens is 1. The lowest BCUT2D eigenvalue weighted by Gasteiger charge is -2.49. The van der Waals surface area contributed by atoms with Crippen LogP contribution in [0.2, 0.25) is 0 Å². The van der Waals surface area contributed by atoms with Crippen LogP contribution >= 0.6 is 0 Å². The highest BCUT2D eigenvalue weighted by atomic mass is 16.5. The second kappa shape index (κ2) is 3.71. The Kier molecular flexibility index (Phi) is 2.57. The van der Waals surface area contributed by atoms with Gasteiger partial charge in [0.25, 0.3) is 0 Å². The molecule has 2 nitrogen and oxygen atoms in total. The molecule has 2 unspecified atom stereocenters. The van der Waals surface area contributed by atoms with Crippen molar-refractivity contribution in [1.29, 1.82) is 0 Å². The highest BCUT2D eigenvalue weighted by Crippen LogP contribution is 2.37. The summed E-state index contributed by atoms with van der Waals surface area (Å²) in [4.78, 5) is 0. The number of hydrogen-bond acceptors (Lipinski definition) is 1. The summed E-state index contributed by atoms with van der Waals surface area (Å²) >= 11 is 0. The fraction of sp³-hybridized carbons (Fsp3) is 0.500. The molecular formula is C12H17NO. The van der Waals surface area contributed by atoms with Crippen molar-refractivity contribution in [3.05, 3.63) is 41.8 Å². The Balaban J connectivity index is 2.27. The van der Waals surface area contributed by atoms with Crippen molar-refractivity contribution in [2.24, 2.45) is 5.92 Å². The number of rotatable bonds is 2. The zero-order valence-electron chi connectivity index (χ0n) is 8.48. The summed E-state index contributed by atoms with van der Waals surface area (Å²) in [6.07, 6.45) is 11.2. The van der Waals surface area contributed by atoms with Crippen LogP contribution in [0.5, 0.6) is 0 Å². The van der Waals surface area contributed by atoms with E-state index in [0.29, 0.717) is 12.5 Å². The number of piperidine rings is 1. The van der Waals surface area contributed by atoms with E-state index in [0.717, 1.165) is 25.1 Å². The Bertz CT molecular complexity index is 293. The molecule has 0 bridgehead atoms. The van der Waals surface area contributed by atoms with Gasteiger partial charge in [0, 0.05) is 5.92 Å². The predicted octanol–water partition coefficient (Wildman–Crippen LogP) is 2.74. The van der Waals surface area contributed by atoms with Gasteiger partial charge in [0.05, 0.1) is 6.54 Å². The van der Waals surface area contributed by atoms with E-state index >= 15 is 0 Å². The largest absolute Gasteiger partial charge is 0.627 e. The monoisotopic (exact) mass is 191 g/mol. The number of hydroxylamine groups is 3. The first kappa shape index (κ1) is 9.69. The molecule has 2 rings (SSSR count). The summed E-state index contributed by atoms with van der Waals surface area (Å²) in [6.45, 7) is 4.93. The SMILES string of the molecule is C=CC[N+]1([O-])CCCC2CC=CC=C21. The molecule has 0 N–H and O–H groups in total. The van der Waals surface area contributed by atoms with Crippen molar-refractivity contribution in [3.63, 3.8) is 0 Å². The van der Waals surface area contributed by atoms with Crippen molar-refractivity contribution in [2.75, 3.05) is 13.1 Å². The Morgan fingerprint density at radius 2 is 2.50 bits per heavy atom. The highest BCUT2D eigenvalue weighted by Gasteiger charge is 2.33. The maximum Gasteiger partial charge on any atom is 0.112 e. The van der Waals surface area contributed by atoms with Gasteiger partial charge in [-0.1, -0.05) is 18.7 Å². The quantitative estimate of drug-likeness (QED) is 0.374. The van der Waals surface area contributed by atoms with Crippen LogP contribution in [0.15, 0.2) is 36.6 Å². The molecule has 76 valence electrons. The van der Waals surface area contributed by atoms with Crippen LogP contribution in [0.4, 0.5) is 0 Å². The Morgan fingerprint density at radius 3 is 3.29 bits per heavy atom. The van der Waals surface area contributed by atoms with E-state index in [1.165, 1.54) is 6.42 Å². The maximum absolute atomic E-state index is 12.5. The van der Waals surface area contributed by atoms with E-state index < -0.39 is 0 Å². The average Bonchev–Trinajstić information content (AvgIpc) is 2.19. The van der Waals surface area contributed by atoms with Crippen molar-refractivity contribution in [1.82, 2.24) is 0 Å². The second-order valence-electron chi connectivity index (χ2n) is 4.18. The molecule has 0 aromatic carbocycles. The Hall–Kier alpha value is -0.860. The van der Waals surface area contributed by atoms with Gasteiger partial charge in [0.15, 0.2) is 0 Å². The van der Waals surface area contributed by atoms with Gasteiger partial charge >= 0.3 is 0 Å². The molecule has 1 heterocycles. The van der Waals surface area contributed by atoms with E-state index in [9.17, 15) is 5.21 Å². The number of likely N-dealkylation sites (tertiary alicyclic amines) is 1. The second-order valence-corrected chi connectivity index (χ2v) is 4.18. The molecule has 1 aliphatic carbocycles. The topological polar surface area (TPSA) is 23.1 Å². The summed E-state index contributed by atoms with van der Waals surface area (Å²) in [5, 5.41) is 12.5. The van der Waals surface area contributed by atoms with E-state index in [-0.39, 0.29) is 4.65 Å². The van der Waals surface area contributed by atoms with E-state index in [1.54, 1.807) is 6.08 Å². The Morgan fingerprint density at radius 1 is 1.64 bits per heavy atom. The molecule has 0 saturated carbocycles. The van der Waals surface area contributed by atoms with Crippen LogP contribution in [0.3, 0.4) is 0 Å².